The highest BCUT2D eigenvalue weighted by molar-refractivity contribution is 6.30. The highest BCUT2D eigenvalue weighted by Gasteiger charge is 2.10. The van der Waals surface area contributed by atoms with Gasteiger partial charge in [-0.3, -0.25) is 0 Å². The first-order valence-electron chi connectivity index (χ1n) is 4.71. The molecule has 0 amide bonds. The van der Waals surface area contributed by atoms with Crippen molar-refractivity contribution in [3.63, 3.8) is 0 Å². The molecule has 15 heavy (non-hydrogen) atoms. The van der Waals surface area contributed by atoms with Crippen molar-refractivity contribution in [1.29, 1.82) is 0 Å². The van der Waals surface area contributed by atoms with Crippen molar-refractivity contribution >= 4 is 17.6 Å². The molecule has 1 unspecified atom stereocenters. The van der Waals surface area contributed by atoms with Crippen molar-refractivity contribution in [2.75, 3.05) is 0 Å². The van der Waals surface area contributed by atoms with E-state index in [0.29, 0.717) is 17.0 Å². The van der Waals surface area contributed by atoms with Gasteiger partial charge in [0.2, 0.25) is 0 Å². The van der Waals surface area contributed by atoms with Crippen LogP contribution in [0.2, 0.25) is 5.02 Å². The lowest BCUT2D eigenvalue weighted by molar-refractivity contribution is 0.0348. The summed E-state index contributed by atoms with van der Waals surface area (Å²) in [5.41, 5.74) is 0.510. The van der Waals surface area contributed by atoms with E-state index < -0.39 is 0 Å². The van der Waals surface area contributed by atoms with Crippen LogP contribution in [0.15, 0.2) is 36.9 Å². The van der Waals surface area contributed by atoms with Crippen molar-refractivity contribution in [3.8, 4) is 0 Å². The maximum atomic E-state index is 11.5. The topological polar surface area (TPSA) is 26.3 Å². The molecule has 0 aromatic heterocycles. The normalized spacial score (nSPS) is 11.9. The monoisotopic (exact) mass is 224 g/mol. The van der Waals surface area contributed by atoms with Gasteiger partial charge in [0.25, 0.3) is 0 Å². The molecule has 1 aromatic rings. The van der Waals surface area contributed by atoms with E-state index in [2.05, 4.69) is 6.58 Å². The number of benzene rings is 1. The lowest BCUT2D eigenvalue weighted by atomic mass is 10.2. The Morgan fingerprint density at radius 1 is 1.53 bits per heavy atom. The average Bonchev–Trinajstić information content (AvgIpc) is 2.18. The number of carbonyl (C=O) groups is 1. The lowest BCUT2D eigenvalue weighted by Crippen LogP contribution is -2.14. The molecule has 2 nitrogen and oxygen atoms in total. The van der Waals surface area contributed by atoms with Crippen LogP contribution in [0, 0.1) is 0 Å². The molecule has 0 aliphatic carbocycles. The van der Waals surface area contributed by atoms with Gasteiger partial charge in [-0.25, -0.2) is 4.79 Å². The lowest BCUT2D eigenvalue weighted by Gasteiger charge is -2.10. The summed E-state index contributed by atoms with van der Waals surface area (Å²) in [4.78, 5) is 11.5. The van der Waals surface area contributed by atoms with Crippen LogP contribution in [-0.2, 0) is 4.74 Å². The van der Waals surface area contributed by atoms with Gasteiger partial charge in [0.05, 0.1) is 5.56 Å². The van der Waals surface area contributed by atoms with Gasteiger partial charge in [-0.1, -0.05) is 17.7 Å². The van der Waals surface area contributed by atoms with E-state index in [9.17, 15) is 4.79 Å². The molecular formula is C12H13ClO2. The summed E-state index contributed by atoms with van der Waals surface area (Å²) in [5.74, 6) is -0.332. The van der Waals surface area contributed by atoms with Gasteiger partial charge in [0.15, 0.2) is 0 Å². The Kier molecular flexibility index (Phi) is 4.37. The number of halogens is 1. The van der Waals surface area contributed by atoms with Crippen molar-refractivity contribution < 1.29 is 9.53 Å². The summed E-state index contributed by atoms with van der Waals surface area (Å²) >= 11 is 5.71. The Labute approximate surface area is 94.5 Å². The highest BCUT2D eigenvalue weighted by atomic mass is 35.5. The van der Waals surface area contributed by atoms with Crippen molar-refractivity contribution in [2.24, 2.45) is 0 Å². The molecular weight excluding hydrogens is 212 g/mol. The smallest absolute Gasteiger partial charge is 0.338 e. The molecule has 80 valence electrons. The van der Waals surface area contributed by atoms with Crippen molar-refractivity contribution in [3.05, 3.63) is 47.5 Å². The van der Waals surface area contributed by atoms with E-state index in [1.165, 1.54) is 0 Å². The van der Waals surface area contributed by atoms with E-state index in [4.69, 9.17) is 16.3 Å². The van der Waals surface area contributed by atoms with Gasteiger partial charge in [-0.15, -0.1) is 6.58 Å². The van der Waals surface area contributed by atoms with E-state index in [-0.39, 0.29) is 12.1 Å². The van der Waals surface area contributed by atoms with Crippen LogP contribution in [0.5, 0.6) is 0 Å². The second-order valence-corrected chi connectivity index (χ2v) is 3.68. The minimum Gasteiger partial charge on any atom is -0.459 e. The predicted octanol–water partition coefficient (Wildman–Crippen LogP) is 3.46. The quantitative estimate of drug-likeness (QED) is 0.578. The van der Waals surface area contributed by atoms with Gasteiger partial charge < -0.3 is 4.74 Å². The van der Waals surface area contributed by atoms with E-state index >= 15 is 0 Å². The van der Waals surface area contributed by atoms with Gasteiger partial charge in [-0.2, -0.15) is 0 Å². The Hall–Kier alpha value is -1.28. The van der Waals surface area contributed by atoms with Crippen LogP contribution in [-0.4, -0.2) is 12.1 Å². The van der Waals surface area contributed by atoms with Crippen LogP contribution >= 0.6 is 11.6 Å². The second kappa shape index (κ2) is 5.56. The first kappa shape index (κ1) is 11.8. The number of carbonyl (C=O) groups excluding carboxylic acids is 1. The molecule has 0 bridgehead atoms. The fourth-order valence-electron chi connectivity index (χ4n) is 1.12. The number of ether oxygens (including phenoxy) is 1. The Morgan fingerprint density at radius 2 is 2.13 bits per heavy atom. The number of esters is 1. The minimum atomic E-state index is -0.332. The molecule has 0 heterocycles. The van der Waals surface area contributed by atoms with E-state index in [0.717, 1.165) is 0 Å². The SMILES string of the molecule is C=CCC(C)OC(=O)c1ccc(Cl)cc1. The molecule has 0 spiro atoms. The minimum absolute atomic E-state index is 0.148. The Bertz CT molecular complexity index is 343. The molecule has 0 fully saturated rings. The largest absolute Gasteiger partial charge is 0.459 e. The number of hydrogen-bond donors (Lipinski definition) is 0. The Balaban J connectivity index is 2.61. The molecule has 1 aromatic carbocycles. The zero-order valence-electron chi connectivity index (χ0n) is 8.57. The van der Waals surface area contributed by atoms with E-state index in [1.807, 2.05) is 6.92 Å². The second-order valence-electron chi connectivity index (χ2n) is 3.25. The van der Waals surface area contributed by atoms with Gasteiger partial charge in [0, 0.05) is 11.4 Å². The average molecular weight is 225 g/mol. The van der Waals surface area contributed by atoms with Gasteiger partial charge in [0.1, 0.15) is 6.10 Å². The summed E-state index contributed by atoms with van der Waals surface area (Å²) in [5, 5.41) is 0.602. The number of hydrogen-bond acceptors (Lipinski definition) is 2. The number of rotatable bonds is 4. The zero-order valence-corrected chi connectivity index (χ0v) is 9.33. The van der Waals surface area contributed by atoms with Crippen LogP contribution in [0.4, 0.5) is 0 Å². The maximum Gasteiger partial charge on any atom is 0.338 e. The van der Waals surface area contributed by atoms with E-state index in [1.54, 1.807) is 30.3 Å². The fraction of sp³-hybridized carbons (Fsp3) is 0.250. The molecule has 0 radical (unpaired) electrons. The van der Waals surface area contributed by atoms with Gasteiger partial charge >= 0.3 is 5.97 Å². The third-order valence-corrected chi connectivity index (χ3v) is 2.14. The highest BCUT2D eigenvalue weighted by Crippen LogP contribution is 2.11. The van der Waals surface area contributed by atoms with Gasteiger partial charge in [-0.05, 0) is 31.2 Å². The standard InChI is InChI=1S/C12H13ClO2/c1-3-4-9(2)15-12(14)10-5-7-11(13)8-6-10/h3,5-9H,1,4H2,2H3. The molecule has 1 rings (SSSR count). The van der Waals surface area contributed by atoms with Crippen molar-refractivity contribution in [1.82, 2.24) is 0 Å². The summed E-state index contributed by atoms with van der Waals surface area (Å²) in [7, 11) is 0. The fourth-order valence-corrected chi connectivity index (χ4v) is 1.25. The first-order chi connectivity index (χ1) is 7.13. The Morgan fingerprint density at radius 3 is 2.67 bits per heavy atom. The third-order valence-electron chi connectivity index (χ3n) is 1.89. The summed E-state index contributed by atoms with van der Waals surface area (Å²) < 4.78 is 5.16. The first-order valence-corrected chi connectivity index (χ1v) is 5.08. The maximum absolute atomic E-state index is 11.5. The third kappa shape index (κ3) is 3.76. The molecule has 0 N–H and O–H groups in total. The van der Waals surface area contributed by atoms with Crippen LogP contribution in [0.1, 0.15) is 23.7 Å². The molecule has 0 saturated carbocycles. The van der Waals surface area contributed by atoms with Crippen LogP contribution < -0.4 is 0 Å². The zero-order chi connectivity index (χ0) is 11.3. The summed E-state index contributed by atoms with van der Waals surface area (Å²) in [6, 6.07) is 6.61. The molecule has 0 aliphatic heterocycles. The molecule has 0 saturated heterocycles. The molecule has 3 heteroatoms. The summed E-state index contributed by atoms with van der Waals surface area (Å²) in [6.45, 7) is 5.41. The van der Waals surface area contributed by atoms with Crippen molar-refractivity contribution in [2.45, 2.75) is 19.4 Å². The van der Waals surface area contributed by atoms with Crippen LogP contribution in [0.3, 0.4) is 0 Å². The summed E-state index contributed by atoms with van der Waals surface area (Å²) in [6.07, 6.45) is 2.23. The molecule has 1 atom stereocenters. The molecule has 0 aliphatic rings. The predicted molar refractivity (Wildman–Crippen MR) is 61.1 cm³/mol. The van der Waals surface area contributed by atoms with Crippen LogP contribution in [0.25, 0.3) is 0 Å².